The van der Waals surface area contributed by atoms with Crippen LogP contribution in [-0.2, 0) is 4.79 Å². The quantitative estimate of drug-likeness (QED) is 0.807. The van der Waals surface area contributed by atoms with Gasteiger partial charge >= 0.3 is 0 Å². The first-order valence-electron chi connectivity index (χ1n) is 7.05. The Kier molecular flexibility index (Phi) is 6.49. The van der Waals surface area contributed by atoms with Gasteiger partial charge in [-0.3, -0.25) is 4.79 Å². The molecule has 5 nitrogen and oxygen atoms in total. The summed E-state index contributed by atoms with van der Waals surface area (Å²) in [4.78, 5) is 11.7. The van der Waals surface area contributed by atoms with Crippen molar-refractivity contribution in [1.29, 1.82) is 0 Å². The van der Waals surface area contributed by atoms with Gasteiger partial charge in [0.2, 0.25) is 0 Å². The molecule has 1 aromatic rings. The summed E-state index contributed by atoms with van der Waals surface area (Å²) in [6.45, 7) is 6.23. The summed E-state index contributed by atoms with van der Waals surface area (Å²) < 4.78 is 10.6. The summed E-state index contributed by atoms with van der Waals surface area (Å²) in [6.07, 6.45) is 0.0668. The van der Waals surface area contributed by atoms with Crippen molar-refractivity contribution in [3.05, 3.63) is 24.3 Å². The van der Waals surface area contributed by atoms with Gasteiger partial charge in [0, 0.05) is 6.54 Å². The molecule has 2 N–H and O–H groups in total. The predicted octanol–water partition coefficient (Wildman–Crippen LogP) is 1.99. The Labute approximate surface area is 126 Å². The molecule has 1 rings (SSSR count). The number of benzene rings is 1. The van der Waals surface area contributed by atoms with E-state index in [1.54, 1.807) is 19.2 Å². The monoisotopic (exact) mass is 295 g/mol. The molecule has 0 heterocycles. The first kappa shape index (κ1) is 17.3. The molecule has 0 aromatic heterocycles. The maximum atomic E-state index is 11.7. The van der Waals surface area contributed by atoms with Crippen molar-refractivity contribution in [2.24, 2.45) is 5.41 Å². The minimum Gasteiger partial charge on any atom is -0.493 e. The molecule has 0 aliphatic heterocycles. The lowest BCUT2D eigenvalue weighted by molar-refractivity contribution is -0.123. The Morgan fingerprint density at radius 1 is 1.29 bits per heavy atom. The summed E-state index contributed by atoms with van der Waals surface area (Å²) in [5, 5.41) is 12.6. The third-order valence-electron chi connectivity index (χ3n) is 3.17. The Hall–Kier alpha value is -1.75. The van der Waals surface area contributed by atoms with Crippen molar-refractivity contribution in [2.45, 2.75) is 33.3 Å². The van der Waals surface area contributed by atoms with Gasteiger partial charge in [0.25, 0.3) is 5.91 Å². The smallest absolute Gasteiger partial charge is 0.257 e. The van der Waals surface area contributed by atoms with Crippen LogP contribution < -0.4 is 14.8 Å². The summed E-state index contributed by atoms with van der Waals surface area (Å²) >= 11 is 0. The minimum absolute atomic E-state index is 0.0774. The lowest BCUT2D eigenvalue weighted by atomic mass is 9.87. The maximum absolute atomic E-state index is 11.7. The maximum Gasteiger partial charge on any atom is 0.257 e. The summed E-state index contributed by atoms with van der Waals surface area (Å²) in [6, 6.07) is 7.16. The Morgan fingerprint density at radius 3 is 2.48 bits per heavy atom. The van der Waals surface area contributed by atoms with Crippen LogP contribution in [0.15, 0.2) is 24.3 Å². The van der Waals surface area contributed by atoms with Crippen LogP contribution in [0.4, 0.5) is 0 Å². The van der Waals surface area contributed by atoms with Gasteiger partial charge in [0.15, 0.2) is 18.1 Å². The van der Waals surface area contributed by atoms with E-state index < -0.39 is 6.10 Å². The topological polar surface area (TPSA) is 67.8 Å². The van der Waals surface area contributed by atoms with Crippen LogP contribution >= 0.6 is 0 Å². The highest BCUT2D eigenvalue weighted by atomic mass is 16.5. The number of hydrogen-bond acceptors (Lipinski definition) is 4. The average molecular weight is 295 g/mol. The highest BCUT2D eigenvalue weighted by Gasteiger charge is 2.21. The van der Waals surface area contributed by atoms with Gasteiger partial charge < -0.3 is 19.9 Å². The number of methoxy groups -OCH3 is 1. The number of aliphatic hydroxyl groups is 1. The number of rotatable bonds is 7. The van der Waals surface area contributed by atoms with Gasteiger partial charge in [-0.05, 0) is 24.0 Å². The zero-order chi connectivity index (χ0) is 15.9. The lowest BCUT2D eigenvalue weighted by Crippen LogP contribution is -2.34. The molecule has 1 unspecified atom stereocenters. The molecule has 5 heteroatoms. The highest BCUT2D eigenvalue weighted by Crippen LogP contribution is 2.25. The molecule has 0 saturated heterocycles. The van der Waals surface area contributed by atoms with Crippen molar-refractivity contribution in [3.63, 3.8) is 0 Å². The molecule has 0 radical (unpaired) electrons. The molecule has 1 amide bonds. The molecule has 0 aliphatic carbocycles. The van der Waals surface area contributed by atoms with Crippen LogP contribution in [0, 0.1) is 5.41 Å². The molecular formula is C16H25NO4. The van der Waals surface area contributed by atoms with Gasteiger partial charge in [0.05, 0.1) is 13.2 Å². The molecule has 118 valence electrons. The standard InChI is InChI=1S/C16H25NO4/c1-16(2,3)14(18)9-10-17-15(19)11-21-13-8-6-5-7-12(13)20-4/h5-8,14,18H,9-11H2,1-4H3,(H,17,19). The zero-order valence-electron chi connectivity index (χ0n) is 13.2. The van der Waals surface area contributed by atoms with Gasteiger partial charge in [-0.2, -0.15) is 0 Å². The molecule has 0 bridgehead atoms. The second kappa shape index (κ2) is 7.88. The SMILES string of the molecule is COc1ccccc1OCC(=O)NCCC(O)C(C)(C)C. The van der Waals surface area contributed by atoms with Crippen LogP contribution in [-0.4, -0.2) is 37.4 Å². The van der Waals surface area contributed by atoms with E-state index in [1.165, 1.54) is 0 Å². The molecule has 0 aliphatic rings. The highest BCUT2D eigenvalue weighted by molar-refractivity contribution is 5.77. The van der Waals surface area contributed by atoms with E-state index >= 15 is 0 Å². The minimum atomic E-state index is -0.451. The van der Waals surface area contributed by atoms with Gasteiger partial charge in [-0.25, -0.2) is 0 Å². The Morgan fingerprint density at radius 2 is 1.90 bits per heavy atom. The van der Waals surface area contributed by atoms with Crippen LogP contribution in [0.5, 0.6) is 11.5 Å². The van der Waals surface area contributed by atoms with Crippen LogP contribution in [0.1, 0.15) is 27.2 Å². The van der Waals surface area contributed by atoms with E-state index in [-0.39, 0.29) is 17.9 Å². The van der Waals surface area contributed by atoms with Gasteiger partial charge in [-0.15, -0.1) is 0 Å². The van der Waals surface area contributed by atoms with Crippen molar-refractivity contribution in [3.8, 4) is 11.5 Å². The van der Waals surface area contributed by atoms with Gasteiger partial charge in [0.1, 0.15) is 0 Å². The fraction of sp³-hybridized carbons (Fsp3) is 0.562. The van der Waals surface area contributed by atoms with E-state index in [4.69, 9.17) is 9.47 Å². The molecule has 21 heavy (non-hydrogen) atoms. The average Bonchev–Trinajstić information content (AvgIpc) is 2.44. The predicted molar refractivity (Wildman–Crippen MR) is 81.6 cm³/mol. The summed E-state index contributed by atoms with van der Waals surface area (Å²) in [5.41, 5.74) is -0.182. The number of hydrogen-bond donors (Lipinski definition) is 2. The van der Waals surface area contributed by atoms with Crippen LogP contribution in [0.25, 0.3) is 0 Å². The largest absolute Gasteiger partial charge is 0.493 e. The number of nitrogens with one attached hydrogen (secondary N) is 1. The number of carbonyl (C=O) groups is 1. The van der Waals surface area contributed by atoms with Crippen molar-refractivity contribution < 1.29 is 19.4 Å². The van der Waals surface area contributed by atoms with E-state index in [9.17, 15) is 9.90 Å². The van der Waals surface area contributed by atoms with Gasteiger partial charge in [-0.1, -0.05) is 32.9 Å². The Balaban J connectivity index is 2.32. The second-order valence-electron chi connectivity index (χ2n) is 5.96. The molecule has 1 atom stereocenters. The number of aliphatic hydroxyl groups excluding tert-OH is 1. The third kappa shape index (κ3) is 6.04. The molecule has 0 fully saturated rings. The van der Waals surface area contributed by atoms with Crippen molar-refractivity contribution in [1.82, 2.24) is 5.32 Å². The number of amides is 1. The van der Waals surface area contributed by atoms with E-state index in [2.05, 4.69) is 5.32 Å². The fourth-order valence-corrected chi connectivity index (χ4v) is 1.71. The normalized spacial score (nSPS) is 12.6. The van der Waals surface area contributed by atoms with Crippen LogP contribution in [0.2, 0.25) is 0 Å². The Bertz CT molecular complexity index is 454. The molecule has 0 spiro atoms. The number of para-hydroxylation sites is 2. The summed E-state index contributed by atoms with van der Waals surface area (Å²) in [5.74, 6) is 0.903. The van der Waals surface area contributed by atoms with Crippen molar-refractivity contribution in [2.75, 3.05) is 20.3 Å². The van der Waals surface area contributed by atoms with Crippen LogP contribution in [0.3, 0.4) is 0 Å². The molecule has 0 saturated carbocycles. The van der Waals surface area contributed by atoms with E-state index in [0.717, 1.165) is 0 Å². The van der Waals surface area contributed by atoms with Crippen molar-refractivity contribution >= 4 is 5.91 Å². The van der Waals surface area contributed by atoms with E-state index in [1.807, 2.05) is 32.9 Å². The second-order valence-corrected chi connectivity index (χ2v) is 5.96. The fourth-order valence-electron chi connectivity index (χ4n) is 1.71. The first-order chi connectivity index (χ1) is 9.84. The lowest BCUT2D eigenvalue weighted by Gasteiger charge is -2.25. The third-order valence-corrected chi connectivity index (χ3v) is 3.17. The molecular weight excluding hydrogens is 270 g/mol. The first-order valence-corrected chi connectivity index (χ1v) is 7.05. The van der Waals surface area contributed by atoms with E-state index in [0.29, 0.717) is 24.5 Å². The molecule has 1 aromatic carbocycles. The zero-order valence-corrected chi connectivity index (χ0v) is 13.2. The summed E-state index contributed by atoms with van der Waals surface area (Å²) in [7, 11) is 1.55. The number of ether oxygens (including phenoxy) is 2. The number of carbonyl (C=O) groups excluding carboxylic acids is 1.